The summed E-state index contributed by atoms with van der Waals surface area (Å²) in [6.07, 6.45) is 1.55. The highest BCUT2D eigenvalue weighted by Gasteiger charge is 2.04. The van der Waals surface area contributed by atoms with Crippen LogP contribution in [0, 0.1) is 0 Å². The van der Waals surface area contributed by atoms with Gasteiger partial charge in [-0.3, -0.25) is 4.68 Å². The lowest BCUT2D eigenvalue weighted by atomic mass is 10.1. The summed E-state index contributed by atoms with van der Waals surface area (Å²) in [6, 6.07) is 14.7. The van der Waals surface area contributed by atoms with Crippen LogP contribution in [0.15, 0.2) is 53.8 Å². The van der Waals surface area contributed by atoms with Gasteiger partial charge in [0.2, 0.25) is 0 Å². The standard InChI is InChI=1S/C18H22N6/c1-3-19-18(21-12-17-22-13-23-24(17)2)20-11-15-9-6-8-14-7-4-5-10-16(14)15/h4-10,13H,3,11-12H2,1-2H3,(H2,19,20,21). The zero-order chi connectivity index (χ0) is 16.8. The van der Waals surface area contributed by atoms with Gasteiger partial charge in [-0.2, -0.15) is 5.10 Å². The van der Waals surface area contributed by atoms with E-state index in [4.69, 9.17) is 4.99 Å². The zero-order valence-corrected chi connectivity index (χ0v) is 14.0. The molecule has 2 N–H and O–H groups in total. The predicted octanol–water partition coefficient (Wildman–Crippen LogP) is 2.22. The van der Waals surface area contributed by atoms with Crippen LogP contribution in [0.25, 0.3) is 10.8 Å². The van der Waals surface area contributed by atoms with Gasteiger partial charge in [0.25, 0.3) is 0 Å². The number of hydrogen-bond donors (Lipinski definition) is 2. The summed E-state index contributed by atoms with van der Waals surface area (Å²) in [7, 11) is 1.88. The summed E-state index contributed by atoms with van der Waals surface area (Å²) in [4.78, 5) is 8.91. The molecule has 0 aliphatic rings. The van der Waals surface area contributed by atoms with Crippen molar-refractivity contribution in [2.45, 2.75) is 20.0 Å². The Hall–Kier alpha value is -2.89. The Kier molecular flexibility index (Phi) is 5.05. The van der Waals surface area contributed by atoms with E-state index in [2.05, 4.69) is 70.1 Å². The van der Waals surface area contributed by atoms with Crippen molar-refractivity contribution in [3.8, 4) is 0 Å². The highest BCUT2D eigenvalue weighted by Crippen LogP contribution is 2.19. The number of fused-ring (bicyclic) bond motifs is 1. The van der Waals surface area contributed by atoms with E-state index in [0.29, 0.717) is 13.1 Å². The molecule has 0 bridgehead atoms. The maximum absolute atomic E-state index is 4.70. The highest BCUT2D eigenvalue weighted by molar-refractivity contribution is 5.86. The summed E-state index contributed by atoms with van der Waals surface area (Å²) in [5.74, 6) is 1.64. The lowest BCUT2D eigenvalue weighted by Gasteiger charge is -2.11. The zero-order valence-electron chi connectivity index (χ0n) is 14.0. The topological polar surface area (TPSA) is 67.1 Å². The lowest BCUT2D eigenvalue weighted by molar-refractivity contribution is 0.673. The summed E-state index contributed by atoms with van der Waals surface area (Å²) in [5.41, 5.74) is 1.21. The molecule has 1 aromatic heterocycles. The summed E-state index contributed by atoms with van der Waals surface area (Å²) < 4.78 is 1.75. The van der Waals surface area contributed by atoms with Gasteiger partial charge in [-0.15, -0.1) is 0 Å². The Balaban J connectivity index is 1.74. The van der Waals surface area contributed by atoms with E-state index < -0.39 is 0 Å². The number of guanidine groups is 1. The van der Waals surface area contributed by atoms with E-state index in [9.17, 15) is 0 Å². The molecule has 6 nitrogen and oxygen atoms in total. The number of hydrogen-bond acceptors (Lipinski definition) is 3. The molecule has 3 aromatic rings. The minimum Gasteiger partial charge on any atom is -0.357 e. The van der Waals surface area contributed by atoms with E-state index in [1.807, 2.05) is 7.05 Å². The van der Waals surface area contributed by atoms with Crippen molar-refractivity contribution in [2.24, 2.45) is 12.0 Å². The van der Waals surface area contributed by atoms with Crippen LogP contribution in [0.1, 0.15) is 18.3 Å². The number of benzene rings is 2. The second kappa shape index (κ2) is 7.59. The molecule has 0 spiro atoms. The fourth-order valence-corrected chi connectivity index (χ4v) is 2.58. The highest BCUT2D eigenvalue weighted by atomic mass is 15.3. The molecule has 0 aliphatic carbocycles. The first kappa shape index (κ1) is 16.0. The molecular weight excluding hydrogens is 300 g/mol. The molecule has 24 heavy (non-hydrogen) atoms. The van der Waals surface area contributed by atoms with Crippen LogP contribution in [0.3, 0.4) is 0 Å². The summed E-state index contributed by atoms with van der Waals surface area (Å²) in [6.45, 7) is 4.06. The van der Waals surface area contributed by atoms with Crippen molar-refractivity contribution in [1.82, 2.24) is 25.4 Å². The van der Waals surface area contributed by atoms with Gasteiger partial charge in [0.1, 0.15) is 12.2 Å². The van der Waals surface area contributed by atoms with Gasteiger partial charge >= 0.3 is 0 Å². The molecule has 0 saturated heterocycles. The molecule has 0 atom stereocenters. The van der Waals surface area contributed by atoms with Crippen LogP contribution < -0.4 is 10.6 Å². The van der Waals surface area contributed by atoms with Gasteiger partial charge in [-0.25, -0.2) is 9.98 Å². The van der Waals surface area contributed by atoms with Crippen LogP contribution in [-0.2, 0) is 20.1 Å². The largest absolute Gasteiger partial charge is 0.357 e. The Morgan fingerprint density at radius 2 is 1.96 bits per heavy atom. The third kappa shape index (κ3) is 3.71. The Morgan fingerprint density at radius 3 is 2.75 bits per heavy atom. The van der Waals surface area contributed by atoms with Gasteiger partial charge in [-0.05, 0) is 23.3 Å². The molecule has 0 saturated carbocycles. The molecule has 0 fully saturated rings. The van der Waals surface area contributed by atoms with Crippen molar-refractivity contribution in [3.05, 3.63) is 60.2 Å². The quantitative estimate of drug-likeness (QED) is 0.558. The second-order valence-electron chi connectivity index (χ2n) is 5.49. The number of nitrogens with one attached hydrogen (secondary N) is 2. The van der Waals surface area contributed by atoms with Gasteiger partial charge in [0, 0.05) is 13.6 Å². The first-order valence-electron chi connectivity index (χ1n) is 8.09. The van der Waals surface area contributed by atoms with Gasteiger partial charge in [-0.1, -0.05) is 42.5 Å². The van der Waals surface area contributed by atoms with Crippen molar-refractivity contribution in [1.29, 1.82) is 0 Å². The number of nitrogens with zero attached hydrogens (tertiary/aromatic N) is 4. The molecular formula is C18H22N6. The van der Waals surface area contributed by atoms with Crippen molar-refractivity contribution >= 4 is 16.7 Å². The summed E-state index contributed by atoms with van der Waals surface area (Å²) >= 11 is 0. The Morgan fingerprint density at radius 1 is 1.12 bits per heavy atom. The fraction of sp³-hybridized carbons (Fsp3) is 0.278. The Labute approximate surface area is 141 Å². The smallest absolute Gasteiger partial charge is 0.191 e. The monoisotopic (exact) mass is 322 g/mol. The number of aliphatic imine (C=N–C) groups is 1. The first-order chi connectivity index (χ1) is 11.8. The van der Waals surface area contributed by atoms with E-state index in [0.717, 1.165) is 18.3 Å². The summed E-state index contributed by atoms with van der Waals surface area (Å²) in [5, 5.41) is 13.1. The second-order valence-corrected chi connectivity index (χ2v) is 5.49. The van der Waals surface area contributed by atoms with E-state index in [-0.39, 0.29) is 0 Å². The van der Waals surface area contributed by atoms with Crippen LogP contribution in [-0.4, -0.2) is 27.3 Å². The molecule has 0 amide bonds. The fourth-order valence-electron chi connectivity index (χ4n) is 2.58. The predicted molar refractivity (Wildman–Crippen MR) is 96.6 cm³/mol. The molecule has 6 heteroatoms. The average Bonchev–Trinajstić information content (AvgIpc) is 3.02. The minimum absolute atomic E-state index is 0.581. The van der Waals surface area contributed by atoms with Crippen LogP contribution in [0.4, 0.5) is 0 Å². The third-order valence-electron chi connectivity index (χ3n) is 3.85. The van der Waals surface area contributed by atoms with Crippen LogP contribution >= 0.6 is 0 Å². The lowest BCUT2D eigenvalue weighted by Crippen LogP contribution is -2.37. The van der Waals surface area contributed by atoms with Crippen LogP contribution in [0.2, 0.25) is 0 Å². The van der Waals surface area contributed by atoms with Gasteiger partial charge < -0.3 is 10.6 Å². The number of aryl methyl sites for hydroxylation is 1. The maximum atomic E-state index is 4.70. The molecule has 2 aromatic carbocycles. The molecule has 0 unspecified atom stereocenters. The third-order valence-corrected chi connectivity index (χ3v) is 3.85. The average molecular weight is 322 g/mol. The van der Waals surface area contributed by atoms with Crippen LogP contribution in [0.5, 0.6) is 0 Å². The van der Waals surface area contributed by atoms with Gasteiger partial charge in [0.05, 0.1) is 13.1 Å². The first-order valence-corrected chi connectivity index (χ1v) is 8.09. The maximum Gasteiger partial charge on any atom is 0.191 e. The molecule has 3 rings (SSSR count). The van der Waals surface area contributed by atoms with E-state index in [1.54, 1.807) is 11.0 Å². The van der Waals surface area contributed by atoms with Gasteiger partial charge in [0.15, 0.2) is 5.96 Å². The Bertz CT molecular complexity index is 831. The number of rotatable bonds is 5. The molecule has 1 heterocycles. The molecule has 0 aliphatic heterocycles. The number of aromatic nitrogens is 3. The van der Waals surface area contributed by atoms with E-state index >= 15 is 0 Å². The molecule has 124 valence electrons. The van der Waals surface area contributed by atoms with Crippen molar-refractivity contribution in [2.75, 3.05) is 6.54 Å². The molecule has 0 radical (unpaired) electrons. The van der Waals surface area contributed by atoms with Crippen molar-refractivity contribution < 1.29 is 0 Å². The van der Waals surface area contributed by atoms with Crippen molar-refractivity contribution in [3.63, 3.8) is 0 Å². The normalized spacial score (nSPS) is 11.7. The minimum atomic E-state index is 0.581. The van der Waals surface area contributed by atoms with E-state index in [1.165, 1.54) is 16.3 Å². The SMILES string of the molecule is CCNC(=NCc1cccc2ccccc12)NCc1ncnn1C.